The number of hydrogen-bond donors (Lipinski definition) is 1. The van der Waals surface area contributed by atoms with Gasteiger partial charge >= 0.3 is 0 Å². The maximum Gasteiger partial charge on any atom is 0.108 e. The Hall–Kier alpha value is -1.90. The predicted octanol–water partition coefficient (Wildman–Crippen LogP) is 6.75. The van der Waals surface area contributed by atoms with Gasteiger partial charge < -0.3 is 4.98 Å². The summed E-state index contributed by atoms with van der Waals surface area (Å²) in [6, 6.07) is 6.69. The van der Waals surface area contributed by atoms with E-state index in [2.05, 4.69) is 88.5 Å². The third-order valence-corrected chi connectivity index (χ3v) is 4.86. The van der Waals surface area contributed by atoms with Crippen molar-refractivity contribution >= 4 is 11.4 Å². The molecule has 1 aromatic heterocycles. The molecule has 2 heterocycles. The molecular formula is C23H35N3. The van der Waals surface area contributed by atoms with Crippen molar-refractivity contribution in [2.75, 3.05) is 0 Å². The molecule has 3 heteroatoms. The Labute approximate surface area is 159 Å². The van der Waals surface area contributed by atoms with Gasteiger partial charge in [0.05, 0.1) is 5.69 Å². The highest BCUT2D eigenvalue weighted by Gasteiger charge is 2.17. The normalized spacial score (nSPS) is 13.3. The molecule has 0 atom stereocenters. The highest BCUT2D eigenvalue weighted by atomic mass is 14.9. The second-order valence-corrected chi connectivity index (χ2v) is 8.51. The van der Waals surface area contributed by atoms with Crippen LogP contribution in [0.2, 0.25) is 0 Å². The van der Waals surface area contributed by atoms with Crippen molar-refractivity contribution in [1.82, 2.24) is 9.97 Å². The molecule has 0 saturated heterocycles. The maximum atomic E-state index is 4.67. The number of nitrogens with one attached hydrogen (secondary N) is 1. The first-order valence-corrected chi connectivity index (χ1v) is 9.94. The SMILES string of the molecule is CC(C)C1=Nc2ccc(C(C)C)cc2C1.CC(C)c1cnc(C(C)C)[nH]1. The first-order chi connectivity index (χ1) is 12.2. The van der Waals surface area contributed by atoms with Crippen molar-refractivity contribution < 1.29 is 0 Å². The van der Waals surface area contributed by atoms with Gasteiger partial charge in [-0.1, -0.05) is 67.5 Å². The van der Waals surface area contributed by atoms with Crippen LogP contribution in [0.1, 0.15) is 95.8 Å². The van der Waals surface area contributed by atoms with Crippen molar-refractivity contribution in [3.8, 4) is 0 Å². The summed E-state index contributed by atoms with van der Waals surface area (Å²) in [6.07, 6.45) is 2.98. The quantitative estimate of drug-likeness (QED) is 0.649. The molecule has 1 N–H and O–H groups in total. The first kappa shape index (κ1) is 20.4. The fourth-order valence-electron chi connectivity index (χ4n) is 2.88. The molecule has 0 amide bonds. The van der Waals surface area contributed by atoms with Crippen molar-refractivity contribution in [2.45, 2.75) is 79.6 Å². The van der Waals surface area contributed by atoms with Gasteiger partial charge in [-0.05, 0) is 34.9 Å². The molecule has 1 aromatic carbocycles. The lowest BCUT2D eigenvalue weighted by Gasteiger charge is -2.07. The minimum atomic E-state index is 0.502. The number of benzene rings is 1. The Morgan fingerprint density at radius 2 is 1.54 bits per heavy atom. The van der Waals surface area contributed by atoms with E-state index < -0.39 is 0 Å². The van der Waals surface area contributed by atoms with Crippen LogP contribution in [0.4, 0.5) is 5.69 Å². The lowest BCUT2D eigenvalue weighted by molar-refractivity contribution is 0.771. The Balaban J connectivity index is 0.000000197. The molecule has 0 spiro atoms. The Bertz CT molecular complexity index is 726. The van der Waals surface area contributed by atoms with E-state index in [4.69, 9.17) is 0 Å². The number of fused-ring (bicyclic) bond motifs is 1. The van der Waals surface area contributed by atoms with E-state index in [-0.39, 0.29) is 0 Å². The van der Waals surface area contributed by atoms with E-state index in [1.54, 1.807) is 0 Å². The van der Waals surface area contributed by atoms with Crippen molar-refractivity contribution in [3.63, 3.8) is 0 Å². The average Bonchev–Trinajstić information content (AvgIpc) is 3.21. The van der Waals surface area contributed by atoms with Crippen LogP contribution >= 0.6 is 0 Å². The van der Waals surface area contributed by atoms with E-state index in [0.717, 1.165) is 12.2 Å². The maximum absolute atomic E-state index is 4.67. The molecule has 0 aliphatic carbocycles. The van der Waals surface area contributed by atoms with Crippen LogP contribution in [-0.4, -0.2) is 15.7 Å². The number of aliphatic imine (C=N–C) groups is 1. The van der Waals surface area contributed by atoms with E-state index in [1.807, 2.05) is 6.20 Å². The molecule has 0 saturated carbocycles. The Morgan fingerprint density at radius 3 is 2.00 bits per heavy atom. The second-order valence-electron chi connectivity index (χ2n) is 8.51. The molecule has 1 aliphatic rings. The van der Waals surface area contributed by atoms with Crippen LogP contribution < -0.4 is 0 Å². The zero-order valence-corrected chi connectivity index (χ0v) is 17.7. The van der Waals surface area contributed by atoms with Crippen molar-refractivity contribution in [3.05, 3.63) is 47.0 Å². The van der Waals surface area contributed by atoms with Gasteiger partial charge in [-0.3, -0.25) is 4.99 Å². The summed E-state index contributed by atoms with van der Waals surface area (Å²) in [5.74, 6) is 3.32. The topological polar surface area (TPSA) is 41.0 Å². The van der Waals surface area contributed by atoms with Crippen LogP contribution in [0, 0.1) is 5.92 Å². The summed E-state index contributed by atoms with van der Waals surface area (Å²) < 4.78 is 0. The van der Waals surface area contributed by atoms with Gasteiger partial charge in [-0.2, -0.15) is 0 Å². The number of H-pyrrole nitrogens is 1. The van der Waals surface area contributed by atoms with Gasteiger partial charge in [-0.15, -0.1) is 0 Å². The van der Waals surface area contributed by atoms with Gasteiger partial charge in [0, 0.05) is 29.9 Å². The predicted molar refractivity (Wildman–Crippen MR) is 113 cm³/mol. The zero-order valence-electron chi connectivity index (χ0n) is 17.7. The molecule has 2 aromatic rings. The summed E-state index contributed by atoms with van der Waals surface area (Å²) in [4.78, 5) is 12.3. The van der Waals surface area contributed by atoms with Gasteiger partial charge in [0.1, 0.15) is 5.82 Å². The Kier molecular flexibility index (Phi) is 6.80. The molecule has 3 rings (SSSR count). The van der Waals surface area contributed by atoms with Gasteiger partial charge in [0.15, 0.2) is 0 Å². The standard InChI is InChI=1S/C14H19N.C9H16N2/c1-9(2)11-5-6-13-12(7-11)8-14(15-13)10(3)4;1-6(2)8-5-10-9(11-8)7(3)4/h5-7,9-10H,8H2,1-4H3;5-7H,1-4H3,(H,10,11). The third kappa shape index (κ3) is 5.06. The molecule has 142 valence electrons. The minimum absolute atomic E-state index is 0.502. The highest BCUT2D eigenvalue weighted by Crippen LogP contribution is 2.31. The largest absolute Gasteiger partial charge is 0.345 e. The number of nitrogens with zero attached hydrogens (tertiary/aromatic N) is 2. The summed E-state index contributed by atoms with van der Waals surface area (Å²) >= 11 is 0. The molecule has 26 heavy (non-hydrogen) atoms. The van der Waals surface area contributed by atoms with E-state index in [9.17, 15) is 0 Å². The van der Waals surface area contributed by atoms with Crippen LogP contribution in [0.5, 0.6) is 0 Å². The molecule has 0 radical (unpaired) electrons. The smallest absolute Gasteiger partial charge is 0.108 e. The fraction of sp³-hybridized carbons (Fsp3) is 0.565. The summed E-state index contributed by atoms with van der Waals surface area (Å²) in [5, 5.41) is 0. The van der Waals surface area contributed by atoms with Gasteiger partial charge in [0.2, 0.25) is 0 Å². The number of rotatable bonds is 4. The van der Waals surface area contributed by atoms with Crippen molar-refractivity contribution in [1.29, 1.82) is 0 Å². The van der Waals surface area contributed by atoms with Crippen molar-refractivity contribution in [2.24, 2.45) is 10.9 Å². The molecule has 1 aliphatic heterocycles. The summed E-state index contributed by atoms with van der Waals surface area (Å²) in [5.41, 5.74) is 6.57. The monoisotopic (exact) mass is 353 g/mol. The number of aromatic amines is 1. The number of imidazole rings is 1. The Morgan fingerprint density at radius 1 is 0.846 bits per heavy atom. The van der Waals surface area contributed by atoms with E-state index in [1.165, 1.54) is 28.2 Å². The minimum Gasteiger partial charge on any atom is -0.345 e. The molecule has 0 bridgehead atoms. The average molecular weight is 354 g/mol. The van der Waals surface area contributed by atoms with Crippen LogP contribution in [0.15, 0.2) is 29.4 Å². The lowest BCUT2D eigenvalue weighted by atomic mass is 9.97. The number of hydrogen-bond acceptors (Lipinski definition) is 2. The van der Waals surface area contributed by atoms with Crippen LogP contribution in [-0.2, 0) is 6.42 Å². The summed E-state index contributed by atoms with van der Waals surface area (Å²) in [7, 11) is 0. The van der Waals surface area contributed by atoms with Gasteiger partial charge in [0.25, 0.3) is 0 Å². The molecular weight excluding hydrogens is 318 g/mol. The third-order valence-electron chi connectivity index (χ3n) is 4.86. The number of aromatic nitrogens is 2. The highest BCUT2D eigenvalue weighted by molar-refractivity contribution is 5.95. The zero-order chi connectivity index (χ0) is 19.4. The summed E-state index contributed by atoms with van der Waals surface area (Å²) in [6.45, 7) is 17.5. The van der Waals surface area contributed by atoms with Crippen LogP contribution in [0.25, 0.3) is 0 Å². The second kappa shape index (κ2) is 8.66. The van der Waals surface area contributed by atoms with E-state index >= 15 is 0 Å². The first-order valence-electron chi connectivity index (χ1n) is 9.94. The fourth-order valence-corrected chi connectivity index (χ4v) is 2.88. The van der Waals surface area contributed by atoms with Gasteiger partial charge in [-0.25, -0.2) is 4.98 Å². The lowest BCUT2D eigenvalue weighted by Crippen LogP contribution is -2.06. The molecule has 0 fully saturated rings. The van der Waals surface area contributed by atoms with Crippen LogP contribution in [0.3, 0.4) is 0 Å². The molecule has 0 unspecified atom stereocenters. The van der Waals surface area contributed by atoms with E-state index in [0.29, 0.717) is 23.7 Å². The molecule has 3 nitrogen and oxygen atoms in total.